The lowest BCUT2D eigenvalue weighted by atomic mass is 10.0. The van der Waals surface area contributed by atoms with Crippen LogP contribution in [0.2, 0.25) is 0 Å². The van der Waals surface area contributed by atoms with Crippen molar-refractivity contribution in [1.82, 2.24) is 0 Å². The van der Waals surface area contributed by atoms with Gasteiger partial charge in [0.05, 0.1) is 5.39 Å². The van der Waals surface area contributed by atoms with Crippen molar-refractivity contribution in [3.63, 3.8) is 0 Å². The summed E-state index contributed by atoms with van der Waals surface area (Å²) in [6, 6.07) is 12.0. The zero-order valence-electron chi connectivity index (χ0n) is 14.7. The van der Waals surface area contributed by atoms with Crippen LogP contribution in [0, 0.1) is 0 Å². The van der Waals surface area contributed by atoms with Crippen molar-refractivity contribution in [1.29, 1.82) is 0 Å². The number of carbonyl (C=O) groups excluding carboxylic acids is 1. The maximum Gasteiger partial charge on any atom is 0.193 e. The molecule has 4 nitrogen and oxygen atoms in total. The highest BCUT2D eigenvalue weighted by atomic mass is 16.5. The summed E-state index contributed by atoms with van der Waals surface area (Å²) < 4.78 is 11.9. The number of fused-ring (bicyclic) bond motifs is 1. The summed E-state index contributed by atoms with van der Waals surface area (Å²) in [6.45, 7) is 6.13. The minimum Gasteiger partial charge on any atom is -0.489 e. The molecule has 3 aromatic rings. The molecule has 26 heavy (non-hydrogen) atoms. The molecule has 0 aliphatic carbocycles. The molecule has 0 unspecified atom stereocenters. The maximum atomic E-state index is 12.6. The van der Waals surface area contributed by atoms with Crippen molar-refractivity contribution in [3.8, 4) is 17.1 Å². The Hall–Kier alpha value is -3.14. The summed E-state index contributed by atoms with van der Waals surface area (Å²) in [5, 5.41) is 0.535. The molecule has 1 heterocycles. The smallest absolute Gasteiger partial charge is 0.193 e. The molecule has 4 heteroatoms. The van der Waals surface area contributed by atoms with Crippen LogP contribution in [0.3, 0.4) is 0 Å². The second-order valence-corrected chi connectivity index (χ2v) is 5.98. The van der Waals surface area contributed by atoms with Crippen molar-refractivity contribution < 1.29 is 13.9 Å². The van der Waals surface area contributed by atoms with Gasteiger partial charge in [-0.05, 0) is 18.6 Å². The van der Waals surface area contributed by atoms with Crippen molar-refractivity contribution in [2.24, 2.45) is 0 Å². The molecule has 1 aromatic heterocycles. The molecule has 132 valence electrons. The van der Waals surface area contributed by atoms with Crippen LogP contribution in [0.1, 0.15) is 29.3 Å². The Kier molecular flexibility index (Phi) is 5.32. The van der Waals surface area contributed by atoms with E-state index in [1.807, 2.05) is 6.07 Å². The van der Waals surface area contributed by atoms with Crippen molar-refractivity contribution in [3.05, 3.63) is 76.5 Å². The fourth-order valence-corrected chi connectivity index (χ4v) is 2.90. The van der Waals surface area contributed by atoms with Gasteiger partial charge in [-0.25, -0.2) is 0 Å². The van der Waals surface area contributed by atoms with E-state index in [0.717, 1.165) is 30.3 Å². The number of hydrogen-bond donors (Lipinski definition) is 0. The van der Waals surface area contributed by atoms with Gasteiger partial charge in [0.25, 0.3) is 0 Å². The molecule has 0 atom stereocenters. The Labute approximate surface area is 151 Å². The van der Waals surface area contributed by atoms with E-state index in [2.05, 4.69) is 13.5 Å². The lowest BCUT2D eigenvalue weighted by Crippen LogP contribution is -2.05. The molecule has 0 N–H and O–H groups in total. The van der Waals surface area contributed by atoms with Gasteiger partial charge in [0.1, 0.15) is 30.0 Å². The summed E-state index contributed by atoms with van der Waals surface area (Å²) in [4.78, 5) is 23.4. The topological polar surface area (TPSA) is 56.5 Å². The molecule has 0 amide bonds. The first kappa shape index (κ1) is 17.7. The minimum atomic E-state index is -0.103. The summed E-state index contributed by atoms with van der Waals surface area (Å²) in [7, 11) is 0. The molecular formula is C22H20O4. The fraction of sp³-hybridized carbons (Fsp3) is 0.182. The van der Waals surface area contributed by atoms with Crippen LogP contribution in [0.15, 0.2) is 64.3 Å². The van der Waals surface area contributed by atoms with Gasteiger partial charge in [-0.15, -0.1) is 0 Å². The Morgan fingerprint density at radius 2 is 1.92 bits per heavy atom. The molecule has 3 rings (SSSR count). The number of ether oxygens (including phenoxy) is 1. The van der Waals surface area contributed by atoms with E-state index in [4.69, 9.17) is 9.15 Å². The Morgan fingerprint density at radius 3 is 2.58 bits per heavy atom. The minimum absolute atomic E-state index is 0.103. The lowest BCUT2D eigenvalue weighted by molar-refractivity contribution is 0.112. The summed E-state index contributed by atoms with van der Waals surface area (Å²) >= 11 is 0. The zero-order chi connectivity index (χ0) is 18.5. The quantitative estimate of drug-likeness (QED) is 0.455. The number of aldehydes is 1. The van der Waals surface area contributed by atoms with E-state index in [9.17, 15) is 9.59 Å². The molecule has 0 radical (unpaired) electrons. The van der Waals surface area contributed by atoms with Crippen LogP contribution in [0.25, 0.3) is 22.3 Å². The second kappa shape index (κ2) is 7.83. The number of carbonyl (C=O) groups is 1. The predicted octanol–water partition coefficient (Wildman–Crippen LogP) is 4.79. The maximum absolute atomic E-state index is 12.6. The molecule has 0 fully saturated rings. The number of rotatable bonds is 7. The molecule has 0 aliphatic rings. The van der Waals surface area contributed by atoms with Crippen LogP contribution in [0.5, 0.6) is 5.75 Å². The number of hydrogen-bond acceptors (Lipinski definition) is 4. The first-order valence-electron chi connectivity index (χ1n) is 8.57. The van der Waals surface area contributed by atoms with Crippen LogP contribution < -0.4 is 10.2 Å². The molecular weight excluding hydrogens is 328 g/mol. The fourth-order valence-electron chi connectivity index (χ4n) is 2.90. The molecule has 0 saturated carbocycles. The van der Waals surface area contributed by atoms with Gasteiger partial charge in [0, 0.05) is 22.8 Å². The van der Waals surface area contributed by atoms with Crippen LogP contribution in [-0.4, -0.2) is 12.9 Å². The Morgan fingerprint density at radius 1 is 1.15 bits per heavy atom. The van der Waals surface area contributed by atoms with Gasteiger partial charge in [0.2, 0.25) is 0 Å². The van der Waals surface area contributed by atoms with Gasteiger partial charge < -0.3 is 9.15 Å². The first-order valence-corrected chi connectivity index (χ1v) is 8.57. The third-order valence-electron chi connectivity index (χ3n) is 4.15. The van der Waals surface area contributed by atoms with Gasteiger partial charge in [-0.3, -0.25) is 9.59 Å². The average molecular weight is 348 g/mol. The SMILES string of the molecule is C=CCOc1ccc2c(=O)cc(-c3ccc(C=O)cc3)oc2c1CCC. The summed E-state index contributed by atoms with van der Waals surface area (Å²) in [5.41, 5.74) is 2.65. The van der Waals surface area contributed by atoms with Crippen molar-refractivity contribution >= 4 is 17.3 Å². The third kappa shape index (κ3) is 3.45. The molecule has 2 aromatic carbocycles. The Balaban J connectivity index is 2.20. The van der Waals surface area contributed by atoms with Gasteiger partial charge in [-0.1, -0.05) is 50.3 Å². The van der Waals surface area contributed by atoms with E-state index < -0.39 is 0 Å². The molecule has 0 saturated heterocycles. The van der Waals surface area contributed by atoms with Crippen molar-refractivity contribution in [2.45, 2.75) is 19.8 Å². The summed E-state index contributed by atoms with van der Waals surface area (Å²) in [5.74, 6) is 1.18. The average Bonchev–Trinajstić information content (AvgIpc) is 2.67. The highest BCUT2D eigenvalue weighted by molar-refractivity contribution is 5.84. The normalized spacial score (nSPS) is 10.7. The van der Waals surface area contributed by atoms with Gasteiger partial charge >= 0.3 is 0 Å². The molecule has 0 spiro atoms. The largest absolute Gasteiger partial charge is 0.489 e. The van der Waals surface area contributed by atoms with E-state index in [-0.39, 0.29) is 5.43 Å². The van der Waals surface area contributed by atoms with Crippen molar-refractivity contribution in [2.75, 3.05) is 6.61 Å². The lowest BCUT2D eigenvalue weighted by Gasteiger charge is -2.13. The van der Waals surface area contributed by atoms with Crippen LogP contribution in [0.4, 0.5) is 0 Å². The first-order chi connectivity index (χ1) is 12.7. The number of benzene rings is 2. The van der Waals surface area contributed by atoms with E-state index >= 15 is 0 Å². The number of aryl methyl sites for hydroxylation is 1. The highest BCUT2D eigenvalue weighted by Crippen LogP contribution is 2.31. The van der Waals surface area contributed by atoms with Gasteiger partial charge in [-0.2, -0.15) is 0 Å². The van der Waals surface area contributed by atoms with E-state index in [1.165, 1.54) is 6.07 Å². The predicted molar refractivity (Wildman–Crippen MR) is 103 cm³/mol. The van der Waals surface area contributed by atoms with Crippen LogP contribution >= 0.6 is 0 Å². The van der Waals surface area contributed by atoms with E-state index in [1.54, 1.807) is 36.4 Å². The zero-order valence-corrected chi connectivity index (χ0v) is 14.7. The highest BCUT2D eigenvalue weighted by Gasteiger charge is 2.15. The second-order valence-electron chi connectivity index (χ2n) is 5.98. The van der Waals surface area contributed by atoms with Crippen LogP contribution in [-0.2, 0) is 6.42 Å². The standard InChI is InChI=1S/C22H20O4/c1-3-5-18-20(25-12-4-2)11-10-17-19(24)13-21(26-22(17)18)16-8-6-15(14-23)7-9-16/h4,6-11,13-14H,2-3,5,12H2,1H3. The summed E-state index contributed by atoms with van der Waals surface area (Å²) in [6.07, 6.45) is 4.09. The molecule has 0 aliphatic heterocycles. The van der Waals surface area contributed by atoms with E-state index in [0.29, 0.717) is 34.6 Å². The molecule has 0 bridgehead atoms. The monoisotopic (exact) mass is 348 g/mol. The Bertz CT molecular complexity index is 997. The van der Waals surface area contributed by atoms with Gasteiger partial charge in [0.15, 0.2) is 5.43 Å². The third-order valence-corrected chi connectivity index (χ3v) is 4.15.